The van der Waals surface area contributed by atoms with Crippen molar-refractivity contribution in [1.82, 2.24) is 4.90 Å². The molecule has 5 heteroatoms. The summed E-state index contributed by atoms with van der Waals surface area (Å²) in [4.78, 5) is 14.0. The van der Waals surface area contributed by atoms with Crippen LogP contribution in [-0.4, -0.2) is 37.1 Å². The number of likely N-dealkylation sites (tertiary alicyclic amines) is 1. The molecule has 0 bridgehead atoms. The van der Waals surface area contributed by atoms with Gasteiger partial charge in [-0.3, -0.25) is 9.69 Å². The zero-order chi connectivity index (χ0) is 28.0. The Labute approximate surface area is 242 Å². The Morgan fingerprint density at radius 3 is 2.15 bits per heavy atom. The largest absolute Gasteiger partial charge is 0.492 e. The number of carbonyl (C=O) groups is 1. The number of para-hydroxylation sites is 1. The third-order valence-electron chi connectivity index (χ3n) is 8.21. The number of nitrogens with zero attached hydrogens (tertiary/aromatic N) is 1. The standard InChI is InChI=1S/C36H37NO4/c1-26(38)40-31-20-16-29(17-21-31)36-35(27-10-4-2-5-11-27)34(32-12-6-7-13-33(32)41-36)28-14-18-30(19-15-28)39-25-24-37-22-8-3-9-23-37/h2,4-7,10-21,34-36H,3,8-9,22-25H2,1H3/t34-,35+,36-/m0/s1. The summed E-state index contributed by atoms with van der Waals surface area (Å²) < 4.78 is 18.2. The molecule has 4 aromatic carbocycles. The quantitative estimate of drug-likeness (QED) is 0.169. The van der Waals surface area contributed by atoms with Crippen LogP contribution < -0.4 is 14.2 Å². The molecule has 6 rings (SSSR count). The van der Waals surface area contributed by atoms with Crippen LogP contribution in [0.3, 0.4) is 0 Å². The molecule has 5 nitrogen and oxygen atoms in total. The van der Waals surface area contributed by atoms with Gasteiger partial charge in [-0.05, 0) is 73.0 Å². The predicted molar refractivity (Wildman–Crippen MR) is 161 cm³/mol. The Kier molecular flexibility index (Phi) is 8.33. The molecule has 3 atom stereocenters. The van der Waals surface area contributed by atoms with Crippen molar-refractivity contribution >= 4 is 5.97 Å². The number of esters is 1. The maximum Gasteiger partial charge on any atom is 0.308 e. The molecule has 1 saturated heterocycles. The van der Waals surface area contributed by atoms with E-state index in [1.165, 1.54) is 56.0 Å². The number of piperidine rings is 1. The molecule has 41 heavy (non-hydrogen) atoms. The maximum absolute atomic E-state index is 11.5. The molecular weight excluding hydrogens is 510 g/mol. The van der Waals surface area contributed by atoms with E-state index in [1.807, 2.05) is 30.3 Å². The summed E-state index contributed by atoms with van der Waals surface area (Å²) in [5.74, 6) is 2.09. The van der Waals surface area contributed by atoms with Crippen LogP contribution in [-0.2, 0) is 4.79 Å². The Balaban J connectivity index is 1.32. The van der Waals surface area contributed by atoms with Crippen molar-refractivity contribution in [3.8, 4) is 17.2 Å². The third-order valence-corrected chi connectivity index (χ3v) is 8.21. The molecule has 0 radical (unpaired) electrons. The number of carbonyl (C=O) groups excluding carboxylic acids is 1. The zero-order valence-corrected chi connectivity index (χ0v) is 23.6. The molecule has 0 amide bonds. The third kappa shape index (κ3) is 6.31. The summed E-state index contributed by atoms with van der Waals surface area (Å²) in [6.45, 7) is 5.46. The number of hydrogen-bond donors (Lipinski definition) is 0. The van der Waals surface area contributed by atoms with Crippen molar-refractivity contribution < 1.29 is 19.0 Å². The first-order valence-electron chi connectivity index (χ1n) is 14.7. The van der Waals surface area contributed by atoms with E-state index in [0.717, 1.165) is 23.6 Å². The first-order chi connectivity index (χ1) is 20.2. The van der Waals surface area contributed by atoms with E-state index in [0.29, 0.717) is 12.4 Å². The number of hydrogen-bond acceptors (Lipinski definition) is 5. The summed E-state index contributed by atoms with van der Waals surface area (Å²) in [6, 6.07) is 35.3. The molecule has 0 spiro atoms. The van der Waals surface area contributed by atoms with Gasteiger partial charge >= 0.3 is 5.97 Å². The number of benzene rings is 4. The second kappa shape index (κ2) is 12.6. The molecule has 0 aliphatic carbocycles. The van der Waals surface area contributed by atoms with Gasteiger partial charge in [0.15, 0.2) is 0 Å². The van der Waals surface area contributed by atoms with Gasteiger partial charge in [0, 0.05) is 30.9 Å². The van der Waals surface area contributed by atoms with Crippen LogP contribution in [0.5, 0.6) is 17.2 Å². The highest BCUT2D eigenvalue weighted by Crippen LogP contribution is 2.53. The lowest BCUT2D eigenvalue weighted by molar-refractivity contribution is -0.131. The van der Waals surface area contributed by atoms with Crippen molar-refractivity contribution in [2.45, 2.75) is 44.1 Å². The van der Waals surface area contributed by atoms with Gasteiger partial charge in [-0.2, -0.15) is 0 Å². The fourth-order valence-electron chi connectivity index (χ4n) is 6.27. The Hall–Kier alpha value is -4.09. The molecule has 1 fully saturated rings. The van der Waals surface area contributed by atoms with Crippen LogP contribution in [0.4, 0.5) is 0 Å². The van der Waals surface area contributed by atoms with Gasteiger partial charge in [0.2, 0.25) is 0 Å². The van der Waals surface area contributed by atoms with Gasteiger partial charge < -0.3 is 14.2 Å². The van der Waals surface area contributed by atoms with E-state index in [4.69, 9.17) is 14.2 Å². The minimum atomic E-state index is -0.332. The van der Waals surface area contributed by atoms with Crippen LogP contribution in [0.2, 0.25) is 0 Å². The monoisotopic (exact) mass is 547 g/mol. The molecule has 2 aliphatic rings. The predicted octanol–water partition coefficient (Wildman–Crippen LogP) is 7.53. The van der Waals surface area contributed by atoms with Gasteiger partial charge in [-0.15, -0.1) is 0 Å². The van der Waals surface area contributed by atoms with Crippen molar-refractivity contribution in [2.24, 2.45) is 0 Å². The SMILES string of the molecule is CC(=O)Oc1ccc([C@@H]2Oc3ccccc3[C@H](c3ccc(OCCN4CCCCC4)cc3)[C@H]2c2ccccc2)cc1. The summed E-state index contributed by atoms with van der Waals surface area (Å²) in [7, 11) is 0. The topological polar surface area (TPSA) is 48.0 Å². The van der Waals surface area contributed by atoms with Crippen molar-refractivity contribution in [2.75, 3.05) is 26.2 Å². The van der Waals surface area contributed by atoms with Crippen LogP contribution in [0.1, 0.15) is 66.4 Å². The van der Waals surface area contributed by atoms with Crippen molar-refractivity contribution in [3.63, 3.8) is 0 Å². The molecule has 2 aliphatic heterocycles. The lowest BCUT2D eigenvalue weighted by Crippen LogP contribution is -2.33. The Bertz CT molecular complexity index is 1430. The fraction of sp³-hybridized carbons (Fsp3) is 0.306. The van der Waals surface area contributed by atoms with E-state index in [1.54, 1.807) is 0 Å². The fourth-order valence-corrected chi connectivity index (χ4v) is 6.27. The second-order valence-corrected chi connectivity index (χ2v) is 11.0. The lowest BCUT2D eigenvalue weighted by Gasteiger charge is -2.40. The zero-order valence-electron chi connectivity index (χ0n) is 23.6. The van der Waals surface area contributed by atoms with Crippen LogP contribution in [0.15, 0.2) is 103 Å². The number of rotatable bonds is 8. The van der Waals surface area contributed by atoms with Gasteiger partial charge in [-0.25, -0.2) is 0 Å². The molecular formula is C36H37NO4. The average molecular weight is 548 g/mol. The minimum Gasteiger partial charge on any atom is -0.492 e. The highest BCUT2D eigenvalue weighted by Gasteiger charge is 2.41. The minimum absolute atomic E-state index is 0.0246. The van der Waals surface area contributed by atoms with Crippen LogP contribution in [0, 0.1) is 0 Å². The van der Waals surface area contributed by atoms with Gasteiger partial charge in [0.1, 0.15) is 30.0 Å². The van der Waals surface area contributed by atoms with Crippen LogP contribution in [0.25, 0.3) is 0 Å². The van der Waals surface area contributed by atoms with E-state index in [2.05, 4.69) is 77.7 Å². The first kappa shape index (κ1) is 27.1. The van der Waals surface area contributed by atoms with Gasteiger partial charge in [0.25, 0.3) is 0 Å². The van der Waals surface area contributed by atoms with Gasteiger partial charge in [0.05, 0.1) is 0 Å². The molecule has 0 saturated carbocycles. The molecule has 0 aromatic heterocycles. The summed E-state index contributed by atoms with van der Waals surface area (Å²) in [6.07, 6.45) is 3.70. The summed E-state index contributed by atoms with van der Waals surface area (Å²) in [5, 5.41) is 0. The van der Waals surface area contributed by atoms with E-state index in [-0.39, 0.29) is 23.9 Å². The van der Waals surface area contributed by atoms with Gasteiger partial charge in [-0.1, -0.05) is 79.2 Å². The lowest BCUT2D eigenvalue weighted by atomic mass is 9.71. The smallest absolute Gasteiger partial charge is 0.308 e. The summed E-state index contributed by atoms with van der Waals surface area (Å²) in [5.41, 5.74) is 4.64. The Morgan fingerprint density at radius 2 is 1.41 bits per heavy atom. The molecule has 4 aromatic rings. The molecule has 0 unspecified atom stereocenters. The number of fused-ring (bicyclic) bond motifs is 1. The van der Waals surface area contributed by atoms with E-state index < -0.39 is 0 Å². The molecule has 210 valence electrons. The first-order valence-corrected chi connectivity index (χ1v) is 14.7. The summed E-state index contributed by atoms with van der Waals surface area (Å²) >= 11 is 0. The van der Waals surface area contributed by atoms with E-state index in [9.17, 15) is 4.79 Å². The molecule has 2 heterocycles. The normalized spacial score (nSPS) is 20.5. The number of ether oxygens (including phenoxy) is 3. The molecule has 0 N–H and O–H groups in total. The maximum atomic E-state index is 11.5. The van der Waals surface area contributed by atoms with Crippen molar-refractivity contribution in [1.29, 1.82) is 0 Å². The van der Waals surface area contributed by atoms with Crippen LogP contribution >= 0.6 is 0 Å². The highest BCUT2D eigenvalue weighted by atomic mass is 16.5. The van der Waals surface area contributed by atoms with E-state index >= 15 is 0 Å². The Morgan fingerprint density at radius 1 is 0.756 bits per heavy atom. The highest BCUT2D eigenvalue weighted by molar-refractivity contribution is 5.69. The average Bonchev–Trinajstić information content (AvgIpc) is 3.02. The second-order valence-electron chi connectivity index (χ2n) is 11.0. The van der Waals surface area contributed by atoms with Crippen molar-refractivity contribution in [3.05, 3.63) is 125 Å².